The quantitative estimate of drug-likeness (QED) is 0.821. The third-order valence-electron chi connectivity index (χ3n) is 3.80. The number of ether oxygens (including phenoxy) is 1. The average molecular weight is 404 g/mol. The Hall–Kier alpha value is -0.240. The number of sulfonamides is 1. The van der Waals surface area contributed by atoms with E-state index >= 15 is 0 Å². The SMILES string of the molecule is CNCC1CCCN(S(=O)(=O)c2cc(Cl)c(OC)cc2Cl)C1.Cl. The van der Waals surface area contributed by atoms with Gasteiger partial charge in [-0.25, -0.2) is 8.42 Å². The second kappa shape index (κ2) is 8.74. The zero-order chi connectivity index (χ0) is 16.3. The van der Waals surface area contributed by atoms with Gasteiger partial charge in [0.2, 0.25) is 10.0 Å². The lowest BCUT2D eigenvalue weighted by molar-refractivity contribution is 0.263. The first kappa shape index (κ1) is 20.8. The lowest BCUT2D eigenvalue weighted by Gasteiger charge is -2.32. The van der Waals surface area contributed by atoms with Crippen molar-refractivity contribution in [3.05, 3.63) is 22.2 Å². The van der Waals surface area contributed by atoms with Gasteiger partial charge < -0.3 is 10.1 Å². The van der Waals surface area contributed by atoms with Crippen LogP contribution in [0.2, 0.25) is 10.0 Å². The third kappa shape index (κ3) is 4.65. The molecule has 0 spiro atoms. The summed E-state index contributed by atoms with van der Waals surface area (Å²) in [5, 5.41) is 3.45. The molecule has 0 radical (unpaired) electrons. The van der Waals surface area contributed by atoms with Gasteiger partial charge in [-0.2, -0.15) is 4.31 Å². The fourth-order valence-corrected chi connectivity index (χ4v) is 5.08. The largest absolute Gasteiger partial charge is 0.495 e. The van der Waals surface area contributed by atoms with Gasteiger partial charge in [-0.15, -0.1) is 12.4 Å². The van der Waals surface area contributed by atoms with Gasteiger partial charge in [0.25, 0.3) is 0 Å². The molecule has 132 valence electrons. The maximum Gasteiger partial charge on any atom is 0.244 e. The van der Waals surface area contributed by atoms with Crippen molar-refractivity contribution in [2.45, 2.75) is 17.7 Å². The Bertz CT molecular complexity index is 638. The van der Waals surface area contributed by atoms with Crippen molar-refractivity contribution in [2.24, 2.45) is 5.92 Å². The van der Waals surface area contributed by atoms with Crippen molar-refractivity contribution in [3.63, 3.8) is 0 Å². The van der Waals surface area contributed by atoms with E-state index in [2.05, 4.69) is 5.32 Å². The predicted octanol–water partition coefficient (Wildman–Crippen LogP) is 3.04. The van der Waals surface area contributed by atoms with E-state index in [1.54, 1.807) is 0 Å². The highest BCUT2D eigenvalue weighted by molar-refractivity contribution is 7.89. The molecule has 5 nitrogen and oxygen atoms in total. The van der Waals surface area contributed by atoms with E-state index in [1.165, 1.54) is 23.5 Å². The Morgan fingerprint density at radius 2 is 2.04 bits per heavy atom. The first-order valence-corrected chi connectivity index (χ1v) is 9.27. The maximum absolute atomic E-state index is 12.8. The van der Waals surface area contributed by atoms with Crippen LogP contribution in [0.4, 0.5) is 0 Å². The number of nitrogens with one attached hydrogen (secondary N) is 1. The summed E-state index contributed by atoms with van der Waals surface area (Å²) in [7, 11) is -0.332. The molecule has 0 amide bonds. The average Bonchev–Trinajstić information content (AvgIpc) is 2.49. The molecule has 1 unspecified atom stereocenters. The summed E-state index contributed by atoms with van der Waals surface area (Å²) in [4.78, 5) is 0.0325. The molecule has 1 atom stereocenters. The fourth-order valence-electron chi connectivity index (χ4n) is 2.70. The first-order chi connectivity index (χ1) is 10.4. The zero-order valence-corrected chi connectivity index (χ0v) is 16.2. The molecule has 2 rings (SSSR count). The van der Waals surface area contributed by atoms with Crippen LogP contribution < -0.4 is 10.1 Å². The minimum Gasteiger partial charge on any atom is -0.495 e. The monoisotopic (exact) mass is 402 g/mol. The number of rotatable bonds is 5. The highest BCUT2D eigenvalue weighted by atomic mass is 35.5. The second-order valence-electron chi connectivity index (χ2n) is 5.35. The number of benzene rings is 1. The van der Waals surface area contributed by atoms with Gasteiger partial charge in [-0.3, -0.25) is 0 Å². The summed E-state index contributed by atoms with van der Waals surface area (Å²) in [6, 6.07) is 2.80. The smallest absolute Gasteiger partial charge is 0.244 e. The number of halogens is 3. The molecule has 1 saturated heterocycles. The minimum atomic E-state index is -3.66. The van der Waals surface area contributed by atoms with Gasteiger partial charge in [0.15, 0.2) is 0 Å². The van der Waals surface area contributed by atoms with E-state index in [9.17, 15) is 8.42 Å². The Morgan fingerprint density at radius 1 is 1.35 bits per heavy atom. The molecule has 1 aliphatic rings. The van der Waals surface area contributed by atoms with Crippen molar-refractivity contribution >= 4 is 45.6 Å². The summed E-state index contributed by atoms with van der Waals surface area (Å²) in [6.45, 7) is 1.79. The topological polar surface area (TPSA) is 58.6 Å². The fraction of sp³-hybridized carbons (Fsp3) is 0.571. The highest BCUT2D eigenvalue weighted by Crippen LogP contribution is 2.35. The Labute approximate surface area is 153 Å². The zero-order valence-electron chi connectivity index (χ0n) is 13.0. The molecule has 0 aliphatic carbocycles. The molecule has 1 aromatic rings. The van der Waals surface area contributed by atoms with Crippen molar-refractivity contribution in [2.75, 3.05) is 33.8 Å². The number of piperidine rings is 1. The van der Waals surface area contributed by atoms with E-state index in [0.29, 0.717) is 24.8 Å². The van der Waals surface area contributed by atoms with Gasteiger partial charge in [0, 0.05) is 19.2 Å². The van der Waals surface area contributed by atoms with Gasteiger partial charge in [0.05, 0.1) is 17.2 Å². The molecule has 23 heavy (non-hydrogen) atoms. The summed E-state index contributed by atoms with van der Waals surface area (Å²) in [5.74, 6) is 0.665. The lowest BCUT2D eigenvalue weighted by atomic mass is 10.00. The Balaban J connectivity index is 0.00000264. The molecule has 1 heterocycles. The summed E-state index contributed by atoms with van der Waals surface area (Å²) in [5.41, 5.74) is 0. The molecule has 0 aromatic heterocycles. The van der Waals surface area contributed by atoms with Gasteiger partial charge in [-0.05, 0) is 38.4 Å². The molecule has 0 bridgehead atoms. The summed E-state index contributed by atoms with van der Waals surface area (Å²) < 4.78 is 32.2. The van der Waals surface area contributed by atoms with Crippen molar-refractivity contribution in [1.29, 1.82) is 0 Å². The van der Waals surface area contributed by atoms with Crippen LogP contribution in [0.3, 0.4) is 0 Å². The van der Waals surface area contributed by atoms with Crippen LogP contribution in [0.1, 0.15) is 12.8 Å². The number of hydrogen-bond donors (Lipinski definition) is 1. The van der Waals surface area contributed by atoms with E-state index in [1.807, 2.05) is 7.05 Å². The van der Waals surface area contributed by atoms with Crippen LogP contribution >= 0.6 is 35.6 Å². The van der Waals surface area contributed by atoms with Crippen LogP contribution in [0.15, 0.2) is 17.0 Å². The maximum atomic E-state index is 12.8. The number of nitrogens with zero attached hydrogens (tertiary/aromatic N) is 1. The normalized spacial score (nSPS) is 19.2. The van der Waals surface area contributed by atoms with Crippen LogP contribution in [0, 0.1) is 5.92 Å². The Morgan fingerprint density at radius 3 is 2.65 bits per heavy atom. The molecular formula is C14H21Cl3N2O3S. The summed E-state index contributed by atoms with van der Waals surface area (Å²) in [6.07, 6.45) is 1.86. The van der Waals surface area contributed by atoms with Crippen LogP contribution in [0.5, 0.6) is 5.75 Å². The molecule has 1 aromatic carbocycles. The van der Waals surface area contributed by atoms with Gasteiger partial charge in [0.1, 0.15) is 10.6 Å². The number of hydrogen-bond acceptors (Lipinski definition) is 4. The van der Waals surface area contributed by atoms with Crippen molar-refractivity contribution in [1.82, 2.24) is 9.62 Å². The van der Waals surface area contributed by atoms with Gasteiger partial charge in [-0.1, -0.05) is 23.2 Å². The highest BCUT2D eigenvalue weighted by Gasteiger charge is 2.32. The third-order valence-corrected chi connectivity index (χ3v) is 6.42. The molecule has 1 aliphatic heterocycles. The first-order valence-electron chi connectivity index (χ1n) is 7.08. The second-order valence-corrected chi connectivity index (χ2v) is 8.07. The van der Waals surface area contributed by atoms with Gasteiger partial charge >= 0.3 is 0 Å². The van der Waals surface area contributed by atoms with E-state index in [-0.39, 0.29) is 27.3 Å². The Kier molecular flexibility index (Phi) is 7.90. The number of methoxy groups -OCH3 is 1. The van der Waals surface area contributed by atoms with E-state index < -0.39 is 10.0 Å². The van der Waals surface area contributed by atoms with Crippen LogP contribution in [-0.4, -0.2) is 46.5 Å². The van der Waals surface area contributed by atoms with E-state index in [4.69, 9.17) is 27.9 Å². The molecule has 9 heteroatoms. The lowest BCUT2D eigenvalue weighted by Crippen LogP contribution is -2.42. The standard InChI is InChI=1S/C14H20Cl2N2O3S.ClH/c1-17-8-10-4-3-5-18(9-10)22(19,20)14-7-11(15)13(21-2)6-12(14)16;/h6-7,10,17H,3-5,8-9H2,1-2H3;1H. The van der Waals surface area contributed by atoms with Crippen LogP contribution in [0.25, 0.3) is 0 Å². The summed E-state index contributed by atoms with van der Waals surface area (Å²) >= 11 is 12.2. The minimum absolute atomic E-state index is 0. The van der Waals surface area contributed by atoms with Crippen molar-refractivity contribution < 1.29 is 13.2 Å². The van der Waals surface area contributed by atoms with Crippen molar-refractivity contribution in [3.8, 4) is 5.75 Å². The van der Waals surface area contributed by atoms with E-state index in [0.717, 1.165) is 19.4 Å². The predicted molar refractivity (Wildman–Crippen MR) is 95.7 cm³/mol. The molecular weight excluding hydrogens is 383 g/mol. The molecule has 0 saturated carbocycles. The van der Waals surface area contributed by atoms with Crippen LogP contribution in [-0.2, 0) is 10.0 Å². The molecule has 1 N–H and O–H groups in total. The molecule has 1 fully saturated rings.